The van der Waals surface area contributed by atoms with Gasteiger partial charge in [-0.05, 0) is 163 Å². The van der Waals surface area contributed by atoms with Gasteiger partial charge >= 0.3 is 0 Å². The molecule has 9 aromatic carbocycles. The Morgan fingerprint density at radius 2 is 0.817 bits per heavy atom. The van der Waals surface area contributed by atoms with Crippen molar-refractivity contribution in [1.29, 1.82) is 0 Å². The predicted molar refractivity (Wildman–Crippen MR) is 358 cm³/mol. The summed E-state index contributed by atoms with van der Waals surface area (Å²) >= 11 is 1.93. The van der Waals surface area contributed by atoms with Gasteiger partial charge in [0.1, 0.15) is 0 Å². The Kier molecular flexibility index (Phi) is 12.3. The molecule has 11 aromatic rings. The first-order chi connectivity index (χ1) is 38.8. The molecule has 0 fully saturated rings. The highest BCUT2D eigenvalue weighted by Crippen LogP contribution is 2.52. The monoisotopic (exact) mass is 1090 g/mol. The van der Waals surface area contributed by atoms with Crippen LogP contribution in [-0.4, -0.2) is 11.3 Å². The average molecular weight is 1090 g/mol. The molecule has 0 saturated heterocycles. The highest BCUT2D eigenvalue weighted by Gasteiger charge is 2.47. The molecular formula is C76H77BN4S. The maximum absolute atomic E-state index is 2.65. The maximum Gasteiger partial charge on any atom is 0.273 e. The van der Waals surface area contributed by atoms with Crippen molar-refractivity contribution in [2.45, 2.75) is 131 Å². The van der Waals surface area contributed by atoms with Gasteiger partial charge in [-0.25, -0.2) is 0 Å². The van der Waals surface area contributed by atoms with Crippen LogP contribution in [0.3, 0.4) is 0 Å². The van der Waals surface area contributed by atoms with Crippen LogP contribution >= 0.6 is 11.3 Å². The van der Waals surface area contributed by atoms with Gasteiger partial charge in [-0.3, -0.25) is 0 Å². The summed E-state index contributed by atoms with van der Waals surface area (Å²) in [4.78, 5) is 7.67. The lowest BCUT2D eigenvalue weighted by Crippen LogP contribution is -2.62. The van der Waals surface area contributed by atoms with Crippen molar-refractivity contribution < 1.29 is 0 Å². The van der Waals surface area contributed by atoms with Crippen LogP contribution in [0.15, 0.2) is 194 Å². The molecule has 0 atom stereocenters. The summed E-state index contributed by atoms with van der Waals surface area (Å²) in [6.45, 7) is 34.4. The fourth-order valence-electron chi connectivity index (χ4n) is 12.9. The molecule has 0 saturated carbocycles. The standard InChI is InChI=1S/C76H77BN4S/c1-72(2,3)48-23-33-53(34-24-48)78(54-35-25-49(26-36-54)73(4,5)6)58-43-45-61-65(47-58)79(55-37-27-50(28-38-55)74(7,8)9)63-20-18-21-64-68(63)77(61)71-69(80(64)56-39-29-51(30-40-56)75(10,11)12)67-62(81(71)57-41-31-52(32-42-57)76(13,14)15)46-44-60-59-19-16-17-22-66(59)82-70(60)67/h16-47H,1-15H3. The van der Waals surface area contributed by atoms with Crippen molar-refractivity contribution in [2.75, 3.05) is 14.7 Å². The van der Waals surface area contributed by atoms with E-state index in [1.165, 1.54) is 98.2 Å². The molecule has 410 valence electrons. The summed E-state index contributed by atoms with van der Waals surface area (Å²) in [5, 5.41) is 3.88. The van der Waals surface area contributed by atoms with Crippen LogP contribution in [-0.2, 0) is 27.1 Å². The van der Waals surface area contributed by atoms with Crippen molar-refractivity contribution in [1.82, 2.24) is 4.57 Å². The summed E-state index contributed by atoms with van der Waals surface area (Å²) in [6, 6.07) is 75.1. The fraction of sp³-hybridized carbons (Fsp3) is 0.263. The molecule has 0 unspecified atom stereocenters. The van der Waals surface area contributed by atoms with Gasteiger partial charge in [0.25, 0.3) is 6.71 Å². The maximum atomic E-state index is 2.65. The Hall–Kier alpha value is -7.80. The van der Waals surface area contributed by atoms with Gasteiger partial charge < -0.3 is 19.3 Å². The van der Waals surface area contributed by atoms with E-state index in [0.717, 1.165) is 34.1 Å². The van der Waals surface area contributed by atoms with E-state index in [-0.39, 0.29) is 33.8 Å². The summed E-state index contributed by atoms with van der Waals surface area (Å²) in [5.74, 6) is 0. The zero-order valence-corrected chi connectivity index (χ0v) is 51.6. The number of aromatic nitrogens is 1. The molecule has 2 aromatic heterocycles. The Morgan fingerprint density at radius 1 is 0.378 bits per heavy atom. The van der Waals surface area contributed by atoms with Crippen molar-refractivity contribution in [3.05, 3.63) is 222 Å². The second-order valence-corrected chi connectivity index (χ2v) is 29.4. The molecule has 0 amide bonds. The van der Waals surface area contributed by atoms with Crippen molar-refractivity contribution in [3.63, 3.8) is 0 Å². The molecule has 13 rings (SSSR count). The van der Waals surface area contributed by atoms with Gasteiger partial charge in [-0.2, -0.15) is 0 Å². The minimum Gasteiger partial charge on any atom is -0.319 e. The van der Waals surface area contributed by atoms with Gasteiger partial charge in [-0.15, -0.1) is 11.3 Å². The third kappa shape index (κ3) is 8.87. The Morgan fingerprint density at radius 3 is 1.32 bits per heavy atom. The highest BCUT2D eigenvalue weighted by molar-refractivity contribution is 7.26. The third-order valence-electron chi connectivity index (χ3n) is 17.6. The summed E-state index contributed by atoms with van der Waals surface area (Å²) < 4.78 is 5.26. The van der Waals surface area contributed by atoms with Crippen LogP contribution in [0, 0.1) is 0 Å². The number of hydrogen-bond acceptors (Lipinski definition) is 4. The first kappa shape index (κ1) is 53.5. The van der Waals surface area contributed by atoms with Crippen molar-refractivity contribution in [3.8, 4) is 5.69 Å². The van der Waals surface area contributed by atoms with Gasteiger partial charge in [0.05, 0.1) is 11.2 Å². The SMILES string of the molecule is CC(C)(C)c1ccc(N(c2ccc(C(C)(C)C)cc2)c2ccc3c(c2)N(c2ccc(C(C)(C)C)cc2)c2cccc4c2B3c2c(c3c5sc6ccccc6c5ccc3n2-c2ccc(C(C)(C)C)cc2)N4c2ccc(C(C)(C)C)cc2)cc1. The summed E-state index contributed by atoms with van der Waals surface area (Å²) in [5.41, 5.74) is 23.2. The molecule has 82 heavy (non-hydrogen) atoms. The third-order valence-corrected chi connectivity index (χ3v) is 18.8. The largest absolute Gasteiger partial charge is 0.319 e. The number of nitrogens with zero attached hydrogens (tertiary/aromatic N) is 4. The molecule has 4 heterocycles. The Bertz CT molecular complexity index is 4200. The lowest BCUT2D eigenvalue weighted by atomic mass is 9.35. The molecule has 2 aliphatic heterocycles. The van der Waals surface area contributed by atoms with E-state index in [4.69, 9.17) is 0 Å². The van der Waals surface area contributed by atoms with E-state index in [1.54, 1.807) is 0 Å². The highest BCUT2D eigenvalue weighted by atomic mass is 32.1. The van der Waals surface area contributed by atoms with E-state index in [1.807, 2.05) is 11.3 Å². The van der Waals surface area contributed by atoms with E-state index in [0.29, 0.717) is 0 Å². The second-order valence-electron chi connectivity index (χ2n) is 28.4. The number of anilines is 9. The first-order valence-electron chi connectivity index (χ1n) is 29.5. The molecule has 2 aliphatic rings. The van der Waals surface area contributed by atoms with Crippen LogP contribution in [0.4, 0.5) is 51.2 Å². The summed E-state index contributed by atoms with van der Waals surface area (Å²) in [6.07, 6.45) is 0. The van der Waals surface area contributed by atoms with Crippen LogP contribution in [0.5, 0.6) is 0 Å². The zero-order valence-electron chi connectivity index (χ0n) is 50.7. The Labute approximate surface area is 491 Å². The fourth-order valence-corrected chi connectivity index (χ4v) is 14.1. The molecule has 0 aliphatic carbocycles. The van der Waals surface area contributed by atoms with Crippen LogP contribution < -0.4 is 31.2 Å². The quantitative estimate of drug-likeness (QED) is 0.154. The second kappa shape index (κ2) is 18.9. The van der Waals surface area contributed by atoms with E-state index >= 15 is 0 Å². The van der Waals surface area contributed by atoms with Gasteiger partial charge in [0, 0.05) is 82.3 Å². The minimum atomic E-state index is -0.162. The van der Waals surface area contributed by atoms with E-state index in [2.05, 4.69) is 317 Å². The van der Waals surface area contributed by atoms with Crippen LogP contribution in [0.2, 0.25) is 0 Å². The molecule has 0 radical (unpaired) electrons. The molecule has 4 nitrogen and oxygen atoms in total. The van der Waals surface area contributed by atoms with Crippen LogP contribution in [0.1, 0.15) is 132 Å². The predicted octanol–water partition coefficient (Wildman–Crippen LogP) is 20.0. The topological polar surface area (TPSA) is 14.7 Å². The van der Waals surface area contributed by atoms with E-state index < -0.39 is 0 Å². The van der Waals surface area contributed by atoms with Gasteiger partial charge in [-0.1, -0.05) is 201 Å². The average Bonchev–Trinajstić information content (AvgIpc) is 1.87. The Balaban J connectivity index is 1.15. The molecule has 6 heteroatoms. The zero-order chi connectivity index (χ0) is 57.6. The van der Waals surface area contributed by atoms with Crippen LogP contribution in [0.25, 0.3) is 36.8 Å². The molecule has 0 bridgehead atoms. The van der Waals surface area contributed by atoms with Gasteiger partial charge in [0.15, 0.2) is 0 Å². The number of thiophene rings is 1. The number of rotatable bonds is 6. The molecular weight excluding hydrogens is 1010 g/mol. The summed E-state index contributed by atoms with van der Waals surface area (Å²) in [7, 11) is 0. The van der Waals surface area contributed by atoms with E-state index in [9.17, 15) is 0 Å². The lowest BCUT2D eigenvalue weighted by Gasteiger charge is -2.44. The molecule has 0 spiro atoms. The number of hydrogen-bond donors (Lipinski definition) is 0. The van der Waals surface area contributed by atoms with Gasteiger partial charge in [0.2, 0.25) is 0 Å². The smallest absolute Gasteiger partial charge is 0.273 e. The molecule has 0 N–H and O–H groups in total. The first-order valence-corrected chi connectivity index (χ1v) is 30.4. The minimum absolute atomic E-state index is 0.00445. The number of benzene rings is 9. The number of fused-ring (bicyclic) bond motifs is 10. The van der Waals surface area contributed by atoms with Crippen molar-refractivity contribution in [2.24, 2.45) is 0 Å². The normalized spacial score (nSPS) is 13.7. The lowest BCUT2D eigenvalue weighted by molar-refractivity contribution is 0.590. The van der Waals surface area contributed by atoms with Crippen molar-refractivity contribution >= 4 is 117 Å².